The summed E-state index contributed by atoms with van der Waals surface area (Å²) in [4.78, 5) is 21.6. The van der Waals surface area contributed by atoms with Gasteiger partial charge in [-0.15, -0.1) is 5.10 Å². The van der Waals surface area contributed by atoms with E-state index in [0.29, 0.717) is 17.5 Å². The van der Waals surface area contributed by atoms with Gasteiger partial charge < -0.3 is 0 Å². The summed E-state index contributed by atoms with van der Waals surface area (Å²) in [6.07, 6.45) is 0.852. The van der Waals surface area contributed by atoms with Gasteiger partial charge in [-0.25, -0.2) is 9.89 Å². The number of thioether (sulfide) groups is 1. The highest BCUT2D eigenvalue weighted by molar-refractivity contribution is 7.98. The van der Waals surface area contributed by atoms with Crippen molar-refractivity contribution in [1.82, 2.24) is 14.8 Å². The molecular formula is C12H14N4O3S. The summed E-state index contributed by atoms with van der Waals surface area (Å²) in [7, 11) is 0. The Bertz CT molecular complexity index is 647. The smallest absolute Gasteiger partial charge is 0.270 e. The second-order valence-electron chi connectivity index (χ2n) is 4.18. The maximum atomic E-state index is 11.5. The monoisotopic (exact) mass is 294 g/mol. The molecule has 0 aliphatic heterocycles. The molecule has 2 aromatic rings. The van der Waals surface area contributed by atoms with E-state index in [4.69, 9.17) is 0 Å². The standard InChI is InChI=1S/C12H14N4O3S/c1-2-7-15-11(17)13-14-12(15)20-8-9-3-5-10(6-4-9)16(18)19/h3-6H,2,7-8H2,1H3,(H,13,17). The van der Waals surface area contributed by atoms with Crippen LogP contribution in [0.5, 0.6) is 0 Å². The molecule has 8 heteroatoms. The third kappa shape index (κ3) is 3.27. The Hall–Kier alpha value is -2.09. The van der Waals surface area contributed by atoms with Crippen LogP contribution in [0.15, 0.2) is 34.2 Å². The first-order valence-electron chi connectivity index (χ1n) is 6.13. The van der Waals surface area contributed by atoms with Crippen molar-refractivity contribution in [3.8, 4) is 0 Å². The third-order valence-corrected chi connectivity index (χ3v) is 3.73. The molecule has 0 aliphatic carbocycles. The second-order valence-corrected chi connectivity index (χ2v) is 5.12. The highest BCUT2D eigenvalue weighted by Crippen LogP contribution is 2.21. The zero-order valence-corrected chi connectivity index (χ0v) is 11.7. The molecular weight excluding hydrogens is 280 g/mol. The van der Waals surface area contributed by atoms with Crippen LogP contribution in [0.4, 0.5) is 5.69 Å². The van der Waals surface area contributed by atoms with Gasteiger partial charge in [-0.1, -0.05) is 30.8 Å². The minimum absolute atomic E-state index is 0.0708. The van der Waals surface area contributed by atoms with Crippen LogP contribution >= 0.6 is 11.8 Å². The number of non-ortho nitro benzene ring substituents is 1. The lowest BCUT2D eigenvalue weighted by atomic mass is 10.2. The summed E-state index contributed by atoms with van der Waals surface area (Å²) in [5, 5.41) is 17.6. The van der Waals surface area contributed by atoms with Crippen LogP contribution in [0, 0.1) is 10.1 Å². The number of H-pyrrole nitrogens is 1. The summed E-state index contributed by atoms with van der Waals surface area (Å²) in [6, 6.07) is 6.36. The Kier molecular flexibility index (Phi) is 4.57. The zero-order valence-electron chi connectivity index (χ0n) is 10.9. The van der Waals surface area contributed by atoms with E-state index in [2.05, 4.69) is 10.2 Å². The molecule has 0 saturated carbocycles. The van der Waals surface area contributed by atoms with E-state index in [9.17, 15) is 14.9 Å². The lowest BCUT2D eigenvalue weighted by Crippen LogP contribution is -2.17. The fourth-order valence-corrected chi connectivity index (χ4v) is 2.62. The van der Waals surface area contributed by atoms with Crippen molar-refractivity contribution in [1.29, 1.82) is 0 Å². The second kappa shape index (κ2) is 6.38. The maximum Gasteiger partial charge on any atom is 0.343 e. The van der Waals surface area contributed by atoms with Crippen molar-refractivity contribution in [3.63, 3.8) is 0 Å². The van der Waals surface area contributed by atoms with E-state index in [-0.39, 0.29) is 11.4 Å². The predicted molar refractivity (Wildman–Crippen MR) is 75.8 cm³/mol. The average molecular weight is 294 g/mol. The molecule has 20 heavy (non-hydrogen) atoms. The lowest BCUT2D eigenvalue weighted by Gasteiger charge is -2.03. The van der Waals surface area contributed by atoms with E-state index >= 15 is 0 Å². The van der Waals surface area contributed by atoms with Crippen molar-refractivity contribution in [2.45, 2.75) is 30.8 Å². The van der Waals surface area contributed by atoms with Crippen LogP contribution in [-0.2, 0) is 12.3 Å². The van der Waals surface area contributed by atoms with Crippen molar-refractivity contribution in [2.75, 3.05) is 0 Å². The minimum Gasteiger partial charge on any atom is -0.270 e. The van der Waals surface area contributed by atoms with Crippen LogP contribution in [0.25, 0.3) is 0 Å². The molecule has 106 valence electrons. The Morgan fingerprint density at radius 2 is 2.10 bits per heavy atom. The van der Waals surface area contributed by atoms with Gasteiger partial charge in [0.1, 0.15) is 0 Å². The number of hydrogen-bond donors (Lipinski definition) is 1. The van der Waals surface area contributed by atoms with Crippen LogP contribution in [0.2, 0.25) is 0 Å². The fourth-order valence-electron chi connectivity index (χ4n) is 1.70. The summed E-state index contributed by atoms with van der Waals surface area (Å²) < 4.78 is 1.59. The van der Waals surface area contributed by atoms with E-state index in [1.165, 1.54) is 23.9 Å². The molecule has 0 radical (unpaired) electrons. The SMILES string of the molecule is CCCn1c(SCc2ccc([N+](=O)[O-])cc2)n[nH]c1=O. The highest BCUT2D eigenvalue weighted by atomic mass is 32.2. The predicted octanol–water partition coefficient (Wildman–Crippen LogP) is 2.18. The number of aromatic amines is 1. The summed E-state index contributed by atoms with van der Waals surface area (Å²) in [6.45, 7) is 2.61. The van der Waals surface area contributed by atoms with Crippen molar-refractivity contribution in [2.24, 2.45) is 0 Å². The van der Waals surface area contributed by atoms with Crippen LogP contribution < -0.4 is 5.69 Å². The number of nitro benzene ring substituents is 1. The average Bonchev–Trinajstić information content (AvgIpc) is 2.79. The van der Waals surface area contributed by atoms with Crippen molar-refractivity contribution in [3.05, 3.63) is 50.4 Å². The first kappa shape index (κ1) is 14.3. The van der Waals surface area contributed by atoms with Gasteiger partial charge in [-0.2, -0.15) is 0 Å². The molecule has 0 unspecified atom stereocenters. The normalized spacial score (nSPS) is 10.7. The van der Waals surface area contributed by atoms with Gasteiger partial charge in [0.2, 0.25) is 0 Å². The number of rotatable bonds is 6. The Balaban J connectivity index is 2.05. The molecule has 0 atom stereocenters. The summed E-state index contributed by atoms with van der Waals surface area (Å²) >= 11 is 1.43. The number of benzene rings is 1. The van der Waals surface area contributed by atoms with Gasteiger partial charge in [0, 0.05) is 24.4 Å². The largest absolute Gasteiger partial charge is 0.343 e. The summed E-state index contributed by atoms with van der Waals surface area (Å²) in [5.74, 6) is 0.603. The first-order valence-corrected chi connectivity index (χ1v) is 7.11. The maximum absolute atomic E-state index is 11.5. The quantitative estimate of drug-likeness (QED) is 0.500. The molecule has 0 fully saturated rings. The van der Waals surface area contributed by atoms with Gasteiger partial charge in [0.05, 0.1) is 4.92 Å². The van der Waals surface area contributed by atoms with E-state index in [1.54, 1.807) is 16.7 Å². The number of nitrogens with zero attached hydrogens (tertiary/aromatic N) is 3. The lowest BCUT2D eigenvalue weighted by molar-refractivity contribution is -0.384. The van der Waals surface area contributed by atoms with Gasteiger partial charge in [0.15, 0.2) is 5.16 Å². The Morgan fingerprint density at radius 3 is 2.70 bits per heavy atom. The molecule has 0 bridgehead atoms. The Morgan fingerprint density at radius 1 is 1.40 bits per heavy atom. The first-order chi connectivity index (χ1) is 9.61. The molecule has 0 spiro atoms. The fraction of sp³-hybridized carbons (Fsp3) is 0.333. The highest BCUT2D eigenvalue weighted by Gasteiger charge is 2.09. The molecule has 0 saturated heterocycles. The molecule has 1 aromatic carbocycles. The zero-order chi connectivity index (χ0) is 14.5. The molecule has 1 heterocycles. The van der Waals surface area contributed by atoms with Crippen molar-refractivity contribution < 1.29 is 4.92 Å². The van der Waals surface area contributed by atoms with Crippen molar-refractivity contribution >= 4 is 17.4 Å². The van der Waals surface area contributed by atoms with E-state index in [0.717, 1.165) is 12.0 Å². The molecule has 0 aliphatic rings. The third-order valence-electron chi connectivity index (χ3n) is 2.69. The number of aromatic nitrogens is 3. The summed E-state index contributed by atoms with van der Waals surface area (Å²) in [5.41, 5.74) is 0.804. The van der Waals surface area contributed by atoms with Crippen LogP contribution in [0.3, 0.4) is 0 Å². The Labute approximate surface area is 119 Å². The van der Waals surface area contributed by atoms with E-state index in [1.807, 2.05) is 6.92 Å². The number of hydrogen-bond acceptors (Lipinski definition) is 5. The van der Waals surface area contributed by atoms with E-state index < -0.39 is 4.92 Å². The van der Waals surface area contributed by atoms with Crippen LogP contribution in [0.1, 0.15) is 18.9 Å². The number of nitrogens with one attached hydrogen (secondary N) is 1. The van der Waals surface area contributed by atoms with Crippen LogP contribution in [-0.4, -0.2) is 19.7 Å². The molecule has 2 rings (SSSR count). The molecule has 0 amide bonds. The van der Waals surface area contributed by atoms with Gasteiger partial charge in [0.25, 0.3) is 5.69 Å². The number of nitro groups is 1. The molecule has 1 N–H and O–H groups in total. The molecule has 1 aromatic heterocycles. The minimum atomic E-state index is -0.427. The topological polar surface area (TPSA) is 93.8 Å². The van der Waals surface area contributed by atoms with Gasteiger partial charge in [-0.3, -0.25) is 14.7 Å². The van der Waals surface area contributed by atoms with Gasteiger partial charge in [-0.05, 0) is 12.0 Å². The molecule has 7 nitrogen and oxygen atoms in total. The van der Waals surface area contributed by atoms with Gasteiger partial charge >= 0.3 is 5.69 Å².